The molecule has 1 rings (SSSR count). The molecule has 0 radical (unpaired) electrons. The summed E-state index contributed by atoms with van der Waals surface area (Å²) in [7, 11) is 3.21. The molecule has 1 saturated carbocycles. The Labute approximate surface area is 114 Å². The van der Waals surface area contributed by atoms with E-state index in [0.29, 0.717) is 13.2 Å². The lowest BCUT2D eigenvalue weighted by Crippen LogP contribution is -2.47. The summed E-state index contributed by atoms with van der Waals surface area (Å²) >= 11 is 0. The Kier molecular flexibility index (Phi) is 7.25. The molecular weight excluding hydrogens is 246 g/mol. The summed E-state index contributed by atoms with van der Waals surface area (Å²) in [5.74, 6) is -0.168. The van der Waals surface area contributed by atoms with Gasteiger partial charge in [-0.05, 0) is 12.8 Å². The number of nitrogens with zero attached hydrogens (tertiary/aromatic N) is 1. The quantitative estimate of drug-likeness (QED) is 0.699. The summed E-state index contributed by atoms with van der Waals surface area (Å²) < 4.78 is 4.84. The van der Waals surface area contributed by atoms with E-state index in [4.69, 9.17) is 4.74 Å². The second-order valence-corrected chi connectivity index (χ2v) is 4.98. The SMILES string of the molecule is COCCNC(=O)CN(C)C(=O)NC1CCCCC1. The number of methoxy groups -OCH3 is 1. The Bertz CT molecular complexity index is 291. The topological polar surface area (TPSA) is 70.7 Å². The van der Waals surface area contributed by atoms with E-state index in [0.717, 1.165) is 12.8 Å². The number of nitrogens with one attached hydrogen (secondary N) is 2. The van der Waals surface area contributed by atoms with Gasteiger partial charge in [-0.2, -0.15) is 0 Å². The normalized spacial score (nSPS) is 15.9. The van der Waals surface area contributed by atoms with E-state index in [1.807, 2.05) is 0 Å². The van der Waals surface area contributed by atoms with E-state index in [9.17, 15) is 9.59 Å². The highest BCUT2D eigenvalue weighted by Gasteiger charge is 2.18. The number of amides is 3. The monoisotopic (exact) mass is 271 g/mol. The summed E-state index contributed by atoms with van der Waals surface area (Å²) in [5, 5.41) is 5.66. The largest absolute Gasteiger partial charge is 0.383 e. The third-order valence-electron chi connectivity index (χ3n) is 3.29. The van der Waals surface area contributed by atoms with Gasteiger partial charge in [0.15, 0.2) is 0 Å². The lowest BCUT2D eigenvalue weighted by molar-refractivity contribution is -0.121. The molecule has 110 valence electrons. The standard InChI is InChI=1S/C13H25N3O3/c1-16(10-12(17)14-8-9-19-2)13(18)15-11-6-4-3-5-7-11/h11H,3-10H2,1-2H3,(H,14,17)(H,15,18). The highest BCUT2D eigenvalue weighted by Crippen LogP contribution is 2.17. The zero-order valence-corrected chi connectivity index (χ0v) is 11.9. The number of rotatable bonds is 6. The summed E-state index contributed by atoms with van der Waals surface area (Å²) in [5.41, 5.74) is 0. The van der Waals surface area contributed by atoms with Crippen LogP contribution in [-0.2, 0) is 9.53 Å². The van der Waals surface area contributed by atoms with Crippen LogP contribution < -0.4 is 10.6 Å². The van der Waals surface area contributed by atoms with Gasteiger partial charge < -0.3 is 20.3 Å². The number of carbonyl (C=O) groups excluding carboxylic acids is 2. The van der Waals surface area contributed by atoms with Gasteiger partial charge in [-0.3, -0.25) is 4.79 Å². The first-order valence-corrected chi connectivity index (χ1v) is 6.90. The van der Waals surface area contributed by atoms with Crippen LogP contribution in [0.3, 0.4) is 0 Å². The second kappa shape index (κ2) is 8.74. The fourth-order valence-electron chi connectivity index (χ4n) is 2.17. The molecule has 0 saturated heterocycles. The molecule has 0 heterocycles. The van der Waals surface area contributed by atoms with Crippen molar-refractivity contribution in [2.24, 2.45) is 0 Å². The van der Waals surface area contributed by atoms with Gasteiger partial charge in [0.1, 0.15) is 6.54 Å². The van der Waals surface area contributed by atoms with Crippen LogP contribution in [0.4, 0.5) is 4.79 Å². The molecule has 0 unspecified atom stereocenters. The molecule has 0 bridgehead atoms. The maximum absolute atomic E-state index is 11.9. The molecule has 0 aromatic heterocycles. The maximum atomic E-state index is 11.9. The molecule has 3 amide bonds. The zero-order valence-electron chi connectivity index (χ0n) is 11.9. The highest BCUT2D eigenvalue weighted by molar-refractivity contribution is 5.83. The highest BCUT2D eigenvalue weighted by atomic mass is 16.5. The Morgan fingerprint density at radius 3 is 2.58 bits per heavy atom. The summed E-state index contributed by atoms with van der Waals surface area (Å²) in [4.78, 5) is 24.8. The van der Waals surface area contributed by atoms with Gasteiger partial charge in [0.05, 0.1) is 6.61 Å². The summed E-state index contributed by atoms with van der Waals surface area (Å²) in [6.07, 6.45) is 5.68. The molecule has 1 fully saturated rings. The van der Waals surface area contributed by atoms with Gasteiger partial charge in [0.2, 0.25) is 5.91 Å². The molecule has 1 aliphatic carbocycles. The first-order valence-electron chi connectivity index (χ1n) is 6.90. The third-order valence-corrected chi connectivity index (χ3v) is 3.29. The number of urea groups is 1. The molecule has 6 heteroatoms. The van der Waals surface area contributed by atoms with Crippen molar-refractivity contribution < 1.29 is 14.3 Å². The van der Waals surface area contributed by atoms with Crippen LogP contribution in [0.15, 0.2) is 0 Å². The molecule has 0 aliphatic heterocycles. The van der Waals surface area contributed by atoms with Gasteiger partial charge in [-0.15, -0.1) is 0 Å². The van der Waals surface area contributed by atoms with Gasteiger partial charge in [0, 0.05) is 26.7 Å². The Hall–Kier alpha value is -1.30. The predicted molar refractivity (Wildman–Crippen MR) is 72.9 cm³/mol. The molecule has 0 atom stereocenters. The number of ether oxygens (including phenoxy) is 1. The van der Waals surface area contributed by atoms with Crippen LogP contribution in [0.5, 0.6) is 0 Å². The van der Waals surface area contributed by atoms with E-state index in [1.54, 1.807) is 14.2 Å². The molecular formula is C13H25N3O3. The minimum atomic E-state index is -0.172. The smallest absolute Gasteiger partial charge is 0.317 e. The fourth-order valence-corrected chi connectivity index (χ4v) is 2.17. The number of likely N-dealkylation sites (N-methyl/N-ethyl adjacent to an activating group) is 1. The average Bonchev–Trinajstić information content (AvgIpc) is 2.40. The van der Waals surface area contributed by atoms with Gasteiger partial charge in [0.25, 0.3) is 0 Å². The van der Waals surface area contributed by atoms with Crippen molar-refractivity contribution >= 4 is 11.9 Å². The van der Waals surface area contributed by atoms with Crippen LogP contribution in [0.2, 0.25) is 0 Å². The van der Waals surface area contributed by atoms with Crippen molar-refractivity contribution in [1.82, 2.24) is 15.5 Å². The fraction of sp³-hybridized carbons (Fsp3) is 0.846. The molecule has 19 heavy (non-hydrogen) atoms. The van der Waals surface area contributed by atoms with Crippen molar-refractivity contribution in [3.63, 3.8) is 0 Å². The zero-order chi connectivity index (χ0) is 14.1. The van der Waals surface area contributed by atoms with Gasteiger partial charge in [-0.25, -0.2) is 4.79 Å². The Morgan fingerprint density at radius 2 is 1.95 bits per heavy atom. The van der Waals surface area contributed by atoms with Gasteiger partial charge in [-0.1, -0.05) is 19.3 Å². The minimum absolute atomic E-state index is 0.0717. The lowest BCUT2D eigenvalue weighted by atomic mass is 9.96. The van der Waals surface area contributed by atoms with Crippen LogP contribution >= 0.6 is 0 Å². The van der Waals surface area contributed by atoms with Crippen molar-refractivity contribution in [2.75, 3.05) is 33.9 Å². The predicted octanol–water partition coefficient (Wildman–Crippen LogP) is 0.723. The second-order valence-electron chi connectivity index (χ2n) is 4.98. The van der Waals surface area contributed by atoms with E-state index >= 15 is 0 Å². The van der Waals surface area contributed by atoms with E-state index in [2.05, 4.69) is 10.6 Å². The van der Waals surface area contributed by atoms with Crippen LogP contribution in [0.25, 0.3) is 0 Å². The lowest BCUT2D eigenvalue weighted by Gasteiger charge is -2.26. The molecule has 2 N–H and O–H groups in total. The van der Waals surface area contributed by atoms with E-state index in [1.165, 1.54) is 24.2 Å². The molecule has 0 aromatic rings. The molecule has 0 spiro atoms. The molecule has 0 aromatic carbocycles. The third kappa shape index (κ3) is 6.42. The maximum Gasteiger partial charge on any atom is 0.317 e. The Balaban J connectivity index is 2.21. The van der Waals surface area contributed by atoms with Crippen LogP contribution in [-0.4, -0.2) is 56.7 Å². The molecule has 6 nitrogen and oxygen atoms in total. The van der Waals surface area contributed by atoms with Crippen molar-refractivity contribution in [3.05, 3.63) is 0 Å². The van der Waals surface area contributed by atoms with E-state index < -0.39 is 0 Å². The summed E-state index contributed by atoms with van der Waals surface area (Å²) in [6.45, 7) is 1.01. The van der Waals surface area contributed by atoms with Crippen LogP contribution in [0.1, 0.15) is 32.1 Å². The number of hydrogen-bond donors (Lipinski definition) is 2. The van der Waals surface area contributed by atoms with Gasteiger partial charge >= 0.3 is 6.03 Å². The Morgan fingerprint density at radius 1 is 1.26 bits per heavy atom. The van der Waals surface area contributed by atoms with Crippen LogP contribution in [0, 0.1) is 0 Å². The number of hydrogen-bond acceptors (Lipinski definition) is 3. The number of carbonyl (C=O) groups is 2. The summed E-state index contributed by atoms with van der Waals surface area (Å²) in [6, 6.07) is 0.0917. The van der Waals surface area contributed by atoms with Crippen molar-refractivity contribution in [3.8, 4) is 0 Å². The minimum Gasteiger partial charge on any atom is -0.383 e. The molecule has 1 aliphatic rings. The first kappa shape index (κ1) is 15.8. The van der Waals surface area contributed by atoms with Crippen molar-refractivity contribution in [1.29, 1.82) is 0 Å². The average molecular weight is 271 g/mol. The van der Waals surface area contributed by atoms with Crippen molar-refractivity contribution in [2.45, 2.75) is 38.1 Å². The van der Waals surface area contributed by atoms with E-state index in [-0.39, 0.29) is 24.5 Å². The first-order chi connectivity index (χ1) is 9.13.